The van der Waals surface area contributed by atoms with Gasteiger partial charge in [0.25, 0.3) is 0 Å². The molecule has 0 spiro atoms. The fraction of sp³-hybridized carbons (Fsp3) is 0.111. The van der Waals surface area contributed by atoms with Crippen molar-refractivity contribution in [1.29, 1.82) is 0 Å². The quantitative estimate of drug-likeness (QED) is 0.748. The van der Waals surface area contributed by atoms with E-state index in [1.54, 1.807) is 6.20 Å². The minimum absolute atomic E-state index is 0.110. The molecule has 0 saturated heterocycles. The normalized spacial score (nSPS) is 10.4. The lowest BCUT2D eigenvalue weighted by atomic mass is 10.1. The van der Waals surface area contributed by atoms with E-state index < -0.39 is 0 Å². The molecule has 0 aliphatic heterocycles. The zero-order valence-corrected chi connectivity index (χ0v) is 13.0. The highest BCUT2D eigenvalue weighted by molar-refractivity contribution is 5.93. The highest BCUT2D eigenvalue weighted by Crippen LogP contribution is 2.25. The van der Waals surface area contributed by atoms with Crippen LogP contribution in [0.3, 0.4) is 0 Å². The third kappa shape index (κ3) is 3.78. The van der Waals surface area contributed by atoms with Crippen LogP contribution in [0.4, 0.5) is 15.8 Å². The highest BCUT2D eigenvalue weighted by atomic mass is 19.1. The number of nitrogens with one attached hydrogen (secondary N) is 2. The predicted molar refractivity (Wildman–Crippen MR) is 90.2 cm³/mol. The van der Waals surface area contributed by atoms with Gasteiger partial charge in [0.05, 0.1) is 12.7 Å². The molecular weight excluding hydrogens is 309 g/mol. The van der Waals surface area contributed by atoms with Crippen LogP contribution in [0, 0.1) is 12.7 Å². The van der Waals surface area contributed by atoms with E-state index >= 15 is 0 Å². The van der Waals surface area contributed by atoms with Crippen LogP contribution in [0.15, 0.2) is 59.5 Å². The number of benzene rings is 2. The van der Waals surface area contributed by atoms with Crippen LogP contribution in [0.2, 0.25) is 0 Å². The molecular formula is C18H16FN3O2. The Kier molecular flexibility index (Phi) is 4.56. The molecule has 1 aromatic heterocycles. The second-order valence-corrected chi connectivity index (χ2v) is 5.30. The summed E-state index contributed by atoms with van der Waals surface area (Å²) in [6.45, 7) is 2.07. The summed E-state index contributed by atoms with van der Waals surface area (Å²) in [5.74, 6) is 0.153. The number of halogens is 1. The van der Waals surface area contributed by atoms with Crippen molar-refractivity contribution < 1.29 is 13.6 Å². The van der Waals surface area contributed by atoms with E-state index in [0.717, 1.165) is 16.8 Å². The van der Waals surface area contributed by atoms with Crippen LogP contribution in [0.1, 0.15) is 5.56 Å². The van der Waals surface area contributed by atoms with E-state index in [1.807, 2.05) is 25.1 Å². The molecule has 0 atom stereocenters. The Labute approximate surface area is 138 Å². The molecule has 3 aromatic rings. The minimum atomic E-state index is -0.339. The van der Waals surface area contributed by atoms with Gasteiger partial charge in [-0.15, -0.1) is 0 Å². The van der Waals surface area contributed by atoms with Crippen molar-refractivity contribution in [3.05, 3.63) is 66.4 Å². The zero-order valence-electron chi connectivity index (χ0n) is 13.0. The monoisotopic (exact) mass is 325 g/mol. The minimum Gasteiger partial charge on any atom is -0.444 e. The summed E-state index contributed by atoms with van der Waals surface area (Å²) in [5.41, 5.74) is 3.34. The van der Waals surface area contributed by atoms with Crippen LogP contribution in [0.25, 0.3) is 11.3 Å². The Morgan fingerprint density at radius 3 is 2.58 bits per heavy atom. The standard InChI is InChI=1S/C18H16FN3O2/c1-12-8-15(6-7-16(12)17-9-20-11-24-17)21-10-18(23)22-14-4-2-13(19)3-5-14/h2-9,11,21H,10H2,1H3,(H,22,23). The molecule has 0 unspecified atom stereocenters. The predicted octanol–water partition coefficient (Wildman–Crippen LogP) is 3.84. The van der Waals surface area contributed by atoms with Crippen LogP contribution in [-0.4, -0.2) is 17.4 Å². The van der Waals surface area contributed by atoms with Crippen molar-refractivity contribution in [3.8, 4) is 11.3 Å². The summed E-state index contributed by atoms with van der Waals surface area (Å²) < 4.78 is 18.1. The van der Waals surface area contributed by atoms with Crippen molar-refractivity contribution in [2.24, 2.45) is 0 Å². The van der Waals surface area contributed by atoms with E-state index in [2.05, 4.69) is 15.6 Å². The van der Waals surface area contributed by atoms with Crippen molar-refractivity contribution >= 4 is 17.3 Å². The molecule has 0 radical (unpaired) electrons. The van der Waals surface area contributed by atoms with Gasteiger partial charge in [-0.2, -0.15) is 0 Å². The number of hydrogen-bond donors (Lipinski definition) is 2. The van der Waals surface area contributed by atoms with Gasteiger partial charge < -0.3 is 15.1 Å². The first-order chi connectivity index (χ1) is 11.6. The van der Waals surface area contributed by atoms with Crippen molar-refractivity contribution in [3.63, 3.8) is 0 Å². The SMILES string of the molecule is Cc1cc(NCC(=O)Nc2ccc(F)cc2)ccc1-c1cnco1. The Bertz CT molecular complexity index is 830. The number of oxazole rings is 1. The summed E-state index contributed by atoms with van der Waals surface area (Å²) in [7, 11) is 0. The van der Waals surface area contributed by atoms with Crippen LogP contribution >= 0.6 is 0 Å². The van der Waals surface area contributed by atoms with Crippen LogP contribution < -0.4 is 10.6 Å². The average Bonchev–Trinajstić information content (AvgIpc) is 3.09. The summed E-state index contributed by atoms with van der Waals surface area (Å²) in [5, 5.41) is 5.75. The molecule has 2 N–H and O–H groups in total. The van der Waals surface area contributed by atoms with E-state index in [1.165, 1.54) is 30.7 Å². The number of anilines is 2. The van der Waals surface area contributed by atoms with Gasteiger partial charge in [0.1, 0.15) is 5.82 Å². The summed E-state index contributed by atoms with van der Waals surface area (Å²) in [6, 6.07) is 11.4. The first kappa shape index (κ1) is 15.7. The molecule has 0 bridgehead atoms. The Balaban J connectivity index is 1.59. The summed E-state index contributed by atoms with van der Waals surface area (Å²) in [4.78, 5) is 15.8. The number of nitrogens with zero attached hydrogens (tertiary/aromatic N) is 1. The van der Waals surface area contributed by atoms with Gasteiger partial charge in [-0.05, 0) is 55.0 Å². The van der Waals surface area contributed by atoms with Gasteiger partial charge in [0, 0.05) is 16.9 Å². The Hall–Kier alpha value is -3.15. The smallest absolute Gasteiger partial charge is 0.243 e. The van der Waals surface area contributed by atoms with E-state index in [9.17, 15) is 9.18 Å². The van der Waals surface area contributed by atoms with Gasteiger partial charge in [0.2, 0.25) is 5.91 Å². The first-order valence-electron chi connectivity index (χ1n) is 7.40. The number of amides is 1. The maximum absolute atomic E-state index is 12.8. The first-order valence-corrected chi connectivity index (χ1v) is 7.40. The number of aromatic nitrogens is 1. The second kappa shape index (κ2) is 6.95. The molecule has 1 heterocycles. The third-order valence-corrected chi connectivity index (χ3v) is 3.51. The molecule has 24 heavy (non-hydrogen) atoms. The molecule has 3 rings (SSSR count). The van der Waals surface area contributed by atoms with Crippen molar-refractivity contribution in [2.45, 2.75) is 6.92 Å². The Morgan fingerprint density at radius 1 is 1.17 bits per heavy atom. The van der Waals surface area contributed by atoms with Gasteiger partial charge in [-0.1, -0.05) is 0 Å². The maximum Gasteiger partial charge on any atom is 0.243 e. The van der Waals surface area contributed by atoms with Crippen LogP contribution in [0.5, 0.6) is 0 Å². The lowest BCUT2D eigenvalue weighted by Gasteiger charge is -2.10. The van der Waals surface area contributed by atoms with E-state index in [4.69, 9.17) is 4.42 Å². The van der Waals surface area contributed by atoms with Crippen molar-refractivity contribution in [1.82, 2.24) is 4.98 Å². The Morgan fingerprint density at radius 2 is 1.92 bits per heavy atom. The highest BCUT2D eigenvalue weighted by Gasteiger charge is 2.07. The fourth-order valence-corrected chi connectivity index (χ4v) is 2.32. The topological polar surface area (TPSA) is 67.2 Å². The van der Waals surface area contributed by atoms with Gasteiger partial charge >= 0.3 is 0 Å². The number of carbonyl (C=O) groups excluding carboxylic acids is 1. The molecule has 5 nitrogen and oxygen atoms in total. The zero-order chi connectivity index (χ0) is 16.9. The molecule has 1 amide bonds. The molecule has 122 valence electrons. The fourth-order valence-electron chi connectivity index (χ4n) is 2.32. The molecule has 6 heteroatoms. The van der Waals surface area contributed by atoms with Gasteiger partial charge in [-0.25, -0.2) is 9.37 Å². The van der Waals surface area contributed by atoms with Gasteiger partial charge in [0.15, 0.2) is 12.2 Å². The molecule has 0 fully saturated rings. The molecule has 0 aliphatic carbocycles. The number of aryl methyl sites for hydroxylation is 1. The van der Waals surface area contributed by atoms with E-state index in [-0.39, 0.29) is 18.3 Å². The number of carbonyl (C=O) groups is 1. The maximum atomic E-state index is 12.8. The molecule has 0 saturated carbocycles. The van der Waals surface area contributed by atoms with Crippen LogP contribution in [-0.2, 0) is 4.79 Å². The van der Waals surface area contributed by atoms with Crippen molar-refractivity contribution in [2.75, 3.05) is 17.2 Å². The lowest BCUT2D eigenvalue weighted by Crippen LogP contribution is -2.21. The lowest BCUT2D eigenvalue weighted by molar-refractivity contribution is -0.114. The second-order valence-electron chi connectivity index (χ2n) is 5.30. The summed E-state index contributed by atoms with van der Waals surface area (Å²) in [6.07, 6.45) is 3.05. The summed E-state index contributed by atoms with van der Waals surface area (Å²) >= 11 is 0. The largest absolute Gasteiger partial charge is 0.444 e. The van der Waals surface area contributed by atoms with E-state index in [0.29, 0.717) is 11.4 Å². The molecule has 0 aliphatic rings. The number of rotatable bonds is 5. The average molecular weight is 325 g/mol. The molecule has 2 aromatic carbocycles. The third-order valence-electron chi connectivity index (χ3n) is 3.51. The number of hydrogen-bond acceptors (Lipinski definition) is 4. The van der Waals surface area contributed by atoms with Gasteiger partial charge in [-0.3, -0.25) is 4.79 Å².